The van der Waals surface area contributed by atoms with Crippen LogP contribution in [0.4, 0.5) is 5.95 Å². The van der Waals surface area contributed by atoms with Crippen molar-refractivity contribution in [3.63, 3.8) is 0 Å². The molecule has 2 aromatic rings. The first-order valence-electron chi connectivity index (χ1n) is 11.4. The van der Waals surface area contributed by atoms with Crippen molar-refractivity contribution < 1.29 is 28.4 Å². The van der Waals surface area contributed by atoms with Crippen molar-refractivity contribution in [2.24, 2.45) is 0 Å². The number of esters is 2. The minimum absolute atomic E-state index is 0.0455. The van der Waals surface area contributed by atoms with Crippen LogP contribution in [0.25, 0.3) is 11.2 Å². The second-order valence-electron chi connectivity index (χ2n) is 7.81. The van der Waals surface area contributed by atoms with Crippen molar-refractivity contribution in [2.75, 3.05) is 31.9 Å². The lowest BCUT2D eigenvalue weighted by molar-refractivity contribution is -0.145. The van der Waals surface area contributed by atoms with Gasteiger partial charge in [-0.3, -0.25) is 23.9 Å². The Hall–Kier alpha value is -2.80. The van der Waals surface area contributed by atoms with Gasteiger partial charge in [0.1, 0.15) is 18.4 Å². The zero-order chi connectivity index (χ0) is 26.0. The molecule has 0 aliphatic heterocycles. The van der Waals surface area contributed by atoms with E-state index in [9.17, 15) is 18.9 Å². The number of imidazole rings is 1. The number of carbonyl (C=O) groups excluding carboxylic acids is 2. The van der Waals surface area contributed by atoms with E-state index in [1.165, 1.54) is 20.2 Å². The minimum Gasteiger partial charge on any atom is -0.465 e. The van der Waals surface area contributed by atoms with Gasteiger partial charge in [-0.15, -0.1) is 0 Å². The summed E-state index contributed by atoms with van der Waals surface area (Å²) in [7, 11) is -3.61. The number of anilines is 1. The second-order valence-corrected chi connectivity index (χ2v) is 10.1. The third kappa shape index (κ3) is 8.42. The van der Waals surface area contributed by atoms with Crippen LogP contribution in [-0.2, 0) is 34.9 Å². The SMILES string of the molecule is CCCCOC(=O)[C@H](C)NP(=O)(COCCn1cnc2c(=O)[nH]c(N)nc21)N[C@@H](C)C(=O)OCC. The Morgan fingerprint density at radius 1 is 1.17 bits per heavy atom. The Kier molecular flexibility index (Phi) is 10.8. The molecule has 0 fully saturated rings. The number of aromatic amines is 1. The predicted molar refractivity (Wildman–Crippen MR) is 129 cm³/mol. The molecule has 2 aromatic heterocycles. The van der Waals surface area contributed by atoms with Crippen LogP contribution in [0.1, 0.15) is 40.5 Å². The largest absolute Gasteiger partial charge is 0.465 e. The maximum Gasteiger partial charge on any atom is 0.323 e. The number of hydrogen-bond acceptors (Lipinski definition) is 10. The number of carbonyl (C=O) groups is 2. The zero-order valence-corrected chi connectivity index (χ0v) is 21.3. The molecule has 0 saturated carbocycles. The van der Waals surface area contributed by atoms with Crippen LogP contribution in [0.2, 0.25) is 0 Å². The fraction of sp³-hybridized carbons (Fsp3) is 0.650. The highest BCUT2D eigenvalue weighted by atomic mass is 31.2. The zero-order valence-electron chi connectivity index (χ0n) is 20.4. The van der Waals surface area contributed by atoms with Gasteiger partial charge < -0.3 is 24.5 Å². The van der Waals surface area contributed by atoms with Crippen molar-refractivity contribution >= 4 is 36.5 Å². The van der Waals surface area contributed by atoms with E-state index < -0.39 is 37.0 Å². The van der Waals surface area contributed by atoms with Gasteiger partial charge in [0.25, 0.3) is 5.56 Å². The minimum atomic E-state index is -3.61. The number of nitrogen functional groups attached to an aromatic ring is 1. The highest BCUT2D eigenvalue weighted by Crippen LogP contribution is 2.37. The van der Waals surface area contributed by atoms with Crippen LogP contribution in [0.5, 0.6) is 0 Å². The monoisotopic (exact) mass is 515 g/mol. The Bertz CT molecular complexity index is 1100. The molecule has 0 saturated heterocycles. The van der Waals surface area contributed by atoms with Gasteiger partial charge in [-0.2, -0.15) is 4.98 Å². The summed E-state index contributed by atoms with van der Waals surface area (Å²) in [6, 6.07) is -1.84. The smallest absolute Gasteiger partial charge is 0.323 e. The van der Waals surface area contributed by atoms with E-state index in [-0.39, 0.29) is 49.8 Å². The summed E-state index contributed by atoms with van der Waals surface area (Å²) in [5.41, 5.74) is 5.55. The Morgan fingerprint density at radius 3 is 2.46 bits per heavy atom. The number of ether oxygens (including phenoxy) is 3. The molecule has 2 rings (SSSR count). The lowest BCUT2D eigenvalue weighted by atomic mass is 10.3. The molecule has 0 aliphatic carbocycles. The van der Waals surface area contributed by atoms with E-state index in [1.54, 1.807) is 11.5 Å². The number of hydrogen-bond donors (Lipinski definition) is 4. The lowest BCUT2D eigenvalue weighted by Gasteiger charge is -2.26. The van der Waals surface area contributed by atoms with Crippen molar-refractivity contribution in [3.05, 3.63) is 16.7 Å². The molecule has 3 atom stereocenters. The second kappa shape index (κ2) is 13.3. The number of aromatic nitrogens is 4. The van der Waals surface area contributed by atoms with Gasteiger partial charge in [0.15, 0.2) is 11.2 Å². The fourth-order valence-corrected chi connectivity index (χ4v) is 5.11. The van der Waals surface area contributed by atoms with E-state index in [4.69, 9.17) is 19.9 Å². The highest BCUT2D eigenvalue weighted by Gasteiger charge is 2.32. The normalized spacial score (nSPS) is 14.9. The third-order valence-electron chi connectivity index (χ3n) is 4.78. The Balaban J connectivity index is 2.04. The quantitative estimate of drug-likeness (QED) is 0.148. The fourth-order valence-electron chi connectivity index (χ4n) is 3.04. The standard InChI is InChI=1S/C20H34N7O7P/c1-5-7-9-34-19(30)14(4)26-35(31,25-13(3)18(29)33-6-2)12-32-10-8-27-11-22-15-16(27)23-20(21)24-17(15)28/h11,13-14H,5-10,12H2,1-4H3,(H2,25,26,31)(H3,21,23,24,28)/t13-,14-,35?/m0/s1. The van der Waals surface area contributed by atoms with Crippen LogP contribution in [-0.4, -0.2) is 69.7 Å². The molecule has 2 heterocycles. The molecule has 35 heavy (non-hydrogen) atoms. The maximum absolute atomic E-state index is 13.6. The molecule has 0 aliphatic rings. The van der Waals surface area contributed by atoms with Crippen LogP contribution < -0.4 is 21.5 Å². The first-order chi connectivity index (χ1) is 16.6. The summed E-state index contributed by atoms with van der Waals surface area (Å²) in [5.74, 6) is -1.20. The summed E-state index contributed by atoms with van der Waals surface area (Å²) < 4.78 is 30.9. The number of nitrogens with zero attached hydrogens (tertiary/aromatic N) is 3. The highest BCUT2D eigenvalue weighted by molar-refractivity contribution is 7.59. The Labute approximate surface area is 202 Å². The summed E-state index contributed by atoms with van der Waals surface area (Å²) in [6.45, 7) is 7.37. The van der Waals surface area contributed by atoms with Gasteiger partial charge in [-0.1, -0.05) is 13.3 Å². The molecule has 0 spiro atoms. The van der Waals surface area contributed by atoms with Gasteiger partial charge in [-0.05, 0) is 27.2 Å². The molecule has 0 bridgehead atoms. The lowest BCUT2D eigenvalue weighted by Crippen LogP contribution is -2.43. The van der Waals surface area contributed by atoms with E-state index in [0.717, 1.165) is 6.42 Å². The number of nitrogens with one attached hydrogen (secondary N) is 3. The van der Waals surface area contributed by atoms with Crippen molar-refractivity contribution in [2.45, 2.75) is 59.2 Å². The first-order valence-corrected chi connectivity index (χ1v) is 13.3. The molecule has 0 amide bonds. The number of nitrogens with two attached hydrogens (primary N) is 1. The molecule has 0 aromatic carbocycles. The summed E-state index contributed by atoms with van der Waals surface area (Å²) in [5, 5.41) is 5.44. The van der Waals surface area contributed by atoms with Crippen molar-refractivity contribution in [1.29, 1.82) is 0 Å². The summed E-state index contributed by atoms with van der Waals surface area (Å²) in [6.07, 6.45) is 2.66. The third-order valence-corrected chi connectivity index (χ3v) is 6.94. The first kappa shape index (κ1) is 28.4. The summed E-state index contributed by atoms with van der Waals surface area (Å²) >= 11 is 0. The molecular weight excluding hydrogens is 481 g/mol. The average Bonchev–Trinajstić information content (AvgIpc) is 3.19. The maximum atomic E-state index is 13.6. The van der Waals surface area contributed by atoms with Crippen LogP contribution >= 0.6 is 7.44 Å². The number of fused-ring (bicyclic) bond motifs is 1. The summed E-state index contributed by atoms with van der Waals surface area (Å²) in [4.78, 5) is 46.7. The molecule has 1 unspecified atom stereocenters. The molecule has 196 valence electrons. The molecule has 5 N–H and O–H groups in total. The van der Waals surface area contributed by atoms with Gasteiger partial charge in [-0.25, -0.2) is 15.2 Å². The van der Waals surface area contributed by atoms with Gasteiger partial charge in [0.05, 0.1) is 26.1 Å². The average molecular weight is 516 g/mol. The van der Waals surface area contributed by atoms with E-state index in [2.05, 4.69) is 25.1 Å². The van der Waals surface area contributed by atoms with Crippen molar-refractivity contribution in [1.82, 2.24) is 29.7 Å². The molecule has 14 nitrogen and oxygen atoms in total. The topological polar surface area (TPSA) is 193 Å². The molecule has 15 heteroatoms. The van der Waals surface area contributed by atoms with Crippen LogP contribution in [0, 0.1) is 0 Å². The predicted octanol–water partition coefficient (Wildman–Crippen LogP) is 0.732. The van der Waals surface area contributed by atoms with Gasteiger partial charge in [0.2, 0.25) is 13.4 Å². The van der Waals surface area contributed by atoms with Crippen LogP contribution in [0.15, 0.2) is 11.1 Å². The number of rotatable bonds is 15. The molecular formula is C20H34N7O7P. The van der Waals surface area contributed by atoms with E-state index >= 15 is 0 Å². The van der Waals surface area contributed by atoms with Crippen molar-refractivity contribution in [3.8, 4) is 0 Å². The van der Waals surface area contributed by atoms with Gasteiger partial charge >= 0.3 is 11.9 Å². The Morgan fingerprint density at radius 2 is 1.83 bits per heavy atom. The molecule has 0 radical (unpaired) electrons. The van der Waals surface area contributed by atoms with Gasteiger partial charge in [0, 0.05) is 6.54 Å². The van der Waals surface area contributed by atoms with E-state index in [0.29, 0.717) is 6.42 Å². The number of H-pyrrole nitrogens is 1. The van der Waals surface area contributed by atoms with Crippen LogP contribution in [0.3, 0.4) is 0 Å². The number of unbranched alkanes of at least 4 members (excludes halogenated alkanes) is 1. The van der Waals surface area contributed by atoms with E-state index in [1.807, 2.05) is 6.92 Å².